The molecule has 10 rings (SSSR count). The second-order valence-electron chi connectivity index (χ2n) is 12.1. The molecule has 0 atom stereocenters. The number of hydrogen-bond acceptors (Lipinski definition) is 3. The van der Waals surface area contributed by atoms with Crippen molar-refractivity contribution < 1.29 is 4.74 Å². The Morgan fingerprint density at radius 3 is 1.09 bits per heavy atom. The van der Waals surface area contributed by atoms with Gasteiger partial charge in [0.15, 0.2) is 0 Å². The fourth-order valence-corrected chi connectivity index (χ4v) is 30.6. The zero-order chi connectivity index (χ0) is 30.3. The number of nitrogens with zero attached hydrogens (tertiary/aromatic N) is 2. The summed E-state index contributed by atoms with van der Waals surface area (Å²) in [7, 11) is 0. The Hall–Kier alpha value is -5.24. The van der Waals surface area contributed by atoms with Crippen molar-refractivity contribution >= 4 is 69.1 Å². The summed E-state index contributed by atoms with van der Waals surface area (Å²) in [6.07, 6.45) is 0. The van der Waals surface area contributed by atoms with Crippen molar-refractivity contribution in [3.05, 3.63) is 176 Å². The van der Waals surface area contributed by atoms with Crippen LogP contribution in [0.4, 0.5) is 34.1 Å². The van der Waals surface area contributed by atoms with Crippen LogP contribution in [-0.2, 0) is 0 Å². The number of anilines is 6. The summed E-state index contributed by atoms with van der Waals surface area (Å²) >= 11 is -5.10. The number of para-hydroxylation sites is 2. The Bertz CT molecular complexity index is 2150. The number of ether oxygens (including phenoxy) is 1. The average molecular weight is 699 g/mol. The van der Waals surface area contributed by atoms with Crippen LogP contribution in [0, 0.1) is 0 Å². The van der Waals surface area contributed by atoms with Gasteiger partial charge in [0.1, 0.15) is 0 Å². The van der Waals surface area contributed by atoms with Gasteiger partial charge >= 0.3 is 271 Å². The summed E-state index contributed by atoms with van der Waals surface area (Å²) in [6.45, 7) is 0. The molecule has 3 heterocycles. The predicted octanol–water partition coefficient (Wildman–Crippen LogP) is 7.60. The summed E-state index contributed by atoms with van der Waals surface area (Å²) in [6, 6.07) is 64.7. The molecule has 0 saturated heterocycles. The van der Waals surface area contributed by atoms with E-state index in [9.17, 15) is 0 Å². The molecule has 46 heavy (non-hydrogen) atoms. The minimum atomic E-state index is -5.10. The normalized spacial score (nSPS) is 16.4. The van der Waals surface area contributed by atoms with Gasteiger partial charge in [0, 0.05) is 0 Å². The van der Waals surface area contributed by atoms with Crippen molar-refractivity contribution in [1.82, 2.24) is 0 Å². The summed E-state index contributed by atoms with van der Waals surface area (Å²) < 4.78 is 14.0. The van der Waals surface area contributed by atoms with Gasteiger partial charge in [0.25, 0.3) is 0 Å². The maximum atomic E-state index is 7.11. The van der Waals surface area contributed by atoms with Gasteiger partial charge in [0.2, 0.25) is 0 Å². The Labute approximate surface area is 269 Å². The topological polar surface area (TPSA) is 15.7 Å². The molecule has 0 radical (unpaired) electrons. The fraction of sp³-hybridized carbons (Fsp3) is 0. The van der Waals surface area contributed by atoms with E-state index in [0.29, 0.717) is 0 Å². The summed E-state index contributed by atoms with van der Waals surface area (Å²) in [5, 5.41) is 0. The third-order valence-electron chi connectivity index (χ3n) is 10.0. The number of hydrogen-bond donors (Lipinski definition) is 0. The van der Waals surface area contributed by atoms with E-state index in [1.165, 1.54) is 40.3 Å². The van der Waals surface area contributed by atoms with Crippen LogP contribution in [0.25, 0.3) is 0 Å². The monoisotopic (exact) mass is 698 g/mol. The molecule has 218 valence electrons. The van der Waals surface area contributed by atoms with Crippen LogP contribution in [-0.4, -0.2) is 17.4 Å². The summed E-state index contributed by atoms with van der Waals surface area (Å²) in [4.78, 5) is 4.95. The standard InChI is InChI=1S/C30H19N2O.2C6H5.Sb/c1-3-10-23(11-4-1)31-25-14-7-15-26(20-25)32(24-12-5-2-6-13-24)28-17-9-19-30(22-28)33-29-18-8-16-27(31)21-29;2*1-2-4-6-5-3-1;/h1-19H;2*1-5H;. The zero-order valence-electron chi connectivity index (χ0n) is 25.0. The first-order chi connectivity index (χ1) is 22.8. The molecule has 4 heteroatoms. The Morgan fingerprint density at radius 1 is 0.326 bits per heavy atom. The van der Waals surface area contributed by atoms with Crippen LogP contribution < -0.4 is 32.1 Å². The SMILES string of the molecule is c1ccc(N2c3cccc4[c]3[Sb]3([c]5ccccc5)([c]5ccccc5)[c]5c(cccc5N(c5ccccc5)c5cccc2[c]53)O4)cc1. The molecule has 3 aliphatic heterocycles. The van der Waals surface area contributed by atoms with Gasteiger partial charge in [-0.3, -0.25) is 0 Å². The van der Waals surface area contributed by atoms with Crippen LogP contribution in [0.1, 0.15) is 0 Å². The van der Waals surface area contributed by atoms with E-state index in [4.69, 9.17) is 4.74 Å². The molecule has 0 spiro atoms. The van der Waals surface area contributed by atoms with Gasteiger partial charge in [0.05, 0.1) is 0 Å². The summed E-state index contributed by atoms with van der Waals surface area (Å²) in [5.41, 5.74) is 7.11. The molecular formula is C42H29N2OSb. The predicted molar refractivity (Wildman–Crippen MR) is 193 cm³/mol. The molecule has 0 saturated carbocycles. The molecule has 3 aliphatic rings. The van der Waals surface area contributed by atoms with E-state index in [0.717, 1.165) is 22.9 Å². The molecule has 0 N–H and O–H groups in total. The van der Waals surface area contributed by atoms with Gasteiger partial charge in [-0.25, -0.2) is 0 Å². The molecule has 7 aromatic rings. The molecule has 0 unspecified atom stereocenters. The van der Waals surface area contributed by atoms with Crippen molar-refractivity contribution in [3.8, 4) is 11.5 Å². The van der Waals surface area contributed by atoms with E-state index < -0.39 is 17.4 Å². The molecule has 7 aromatic carbocycles. The van der Waals surface area contributed by atoms with Gasteiger partial charge in [-0.1, -0.05) is 0 Å². The Kier molecular flexibility index (Phi) is 5.31. The zero-order valence-corrected chi connectivity index (χ0v) is 27.5. The van der Waals surface area contributed by atoms with Gasteiger partial charge in [-0.05, 0) is 0 Å². The maximum absolute atomic E-state index is 7.11. The van der Waals surface area contributed by atoms with E-state index in [2.05, 4.69) is 186 Å². The van der Waals surface area contributed by atoms with Gasteiger partial charge in [-0.2, -0.15) is 0 Å². The van der Waals surface area contributed by atoms with Gasteiger partial charge < -0.3 is 0 Å². The first kappa shape index (κ1) is 26.0. The molecular weight excluding hydrogens is 670 g/mol. The van der Waals surface area contributed by atoms with Crippen LogP contribution in [0.3, 0.4) is 0 Å². The van der Waals surface area contributed by atoms with Crippen LogP contribution in [0.2, 0.25) is 0 Å². The van der Waals surface area contributed by atoms with Crippen molar-refractivity contribution in [1.29, 1.82) is 0 Å². The number of rotatable bonds is 4. The number of benzene rings is 7. The first-order valence-corrected chi connectivity index (χ1v) is 22.1. The van der Waals surface area contributed by atoms with E-state index in [1.807, 2.05) is 0 Å². The summed E-state index contributed by atoms with van der Waals surface area (Å²) in [5.74, 6) is 1.90. The van der Waals surface area contributed by atoms with Crippen molar-refractivity contribution in [2.75, 3.05) is 9.80 Å². The molecule has 0 fully saturated rings. The second-order valence-corrected chi connectivity index (χ2v) is 25.3. The third-order valence-corrected chi connectivity index (χ3v) is 29.2. The Balaban J connectivity index is 1.54. The van der Waals surface area contributed by atoms with Crippen molar-refractivity contribution in [2.24, 2.45) is 0 Å². The van der Waals surface area contributed by atoms with E-state index in [-0.39, 0.29) is 0 Å². The van der Waals surface area contributed by atoms with E-state index in [1.54, 1.807) is 0 Å². The van der Waals surface area contributed by atoms with Gasteiger partial charge in [-0.15, -0.1) is 0 Å². The minimum absolute atomic E-state index is 0.950. The molecule has 0 aromatic heterocycles. The quantitative estimate of drug-likeness (QED) is 0.176. The van der Waals surface area contributed by atoms with Crippen LogP contribution in [0.5, 0.6) is 11.5 Å². The average Bonchev–Trinajstić information content (AvgIpc) is 3.13. The third kappa shape index (κ3) is 2.95. The molecule has 0 bridgehead atoms. The van der Waals surface area contributed by atoms with Crippen molar-refractivity contribution in [2.45, 2.75) is 0 Å². The fourth-order valence-electron chi connectivity index (χ4n) is 8.58. The molecule has 0 amide bonds. The second kappa shape index (κ2) is 9.39. The van der Waals surface area contributed by atoms with Crippen molar-refractivity contribution in [3.63, 3.8) is 0 Å². The molecule has 3 nitrogen and oxygen atoms in total. The molecule has 0 aliphatic carbocycles. The first-order valence-electron chi connectivity index (χ1n) is 15.7. The van der Waals surface area contributed by atoms with E-state index >= 15 is 0 Å². The van der Waals surface area contributed by atoms with Crippen LogP contribution in [0.15, 0.2) is 176 Å². The van der Waals surface area contributed by atoms with Crippen LogP contribution >= 0.6 is 0 Å². The Morgan fingerprint density at radius 2 is 0.674 bits per heavy atom.